The normalized spacial score (nSPS) is 11.2. The molecule has 18 heavy (non-hydrogen) atoms. The van der Waals surface area contributed by atoms with Crippen molar-refractivity contribution in [2.24, 2.45) is 0 Å². The van der Waals surface area contributed by atoms with Crippen LogP contribution >= 0.6 is 0 Å². The Hall–Kier alpha value is -1.35. The van der Waals surface area contributed by atoms with E-state index in [2.05, 4.69) is 20.1 Å². The highest BCUT2D eigenvalue weighted by molar-refractivity contribution is 7.95. The van der Waals surface area contributed by atoms with Crippen molar-refractivity contribution in [3.8, 4) is 0 Å². The average Bonchev–Trinajstić information content (AvgIpc) is 2.35. The quantitative estimate of drug-likeness (QED) is 0.727. The number of unbranched alkanes of at least 4 members (excludes halogenated alkanes) is 1. The molecule has 0 bridgehead atoms. The first-order valence-corrected chi connectivity index (χ1v) is 7.56. The summed E-state index contributed by atoms with van der Waals surface area (Å²) in [5, 5.41) is 0. The number of sulfone groups is 1. The van der Waals surface area contributed by atoms with Crippen LogP contribution in [0.4, 0.5) is 0 Å². The fourth-order valence-electron chi connectivity index (χ4n) is 1.58. The Morgan fingerprint density at radius 3 is 2.22 bits per heavy atom. The summed E-state index contributed by atoms with van der Waals surface area (Å²) >= 11 is 0. The zero-order valence-corrected chi connectivity index (χ0v) is 11.9. The third kappa shape index (κ3) is 3.33. The SMILES string of the molecule is C=C(CCCC)C(=C)S(=O)(=O)c1ccc(C)cc1. The van der Waals surface area contributed by atoms with E-state index in [9.17, 15) is 8.42 Å². The van der Waals surface area contributed by atoms with Crippen molar-refractivity contribution in [3.63, 3.8) is 0 Å². The summed E-state index contributed by atoms with van der Waals surface area (Å²) in [6.07, 6.45) is 2.62. The molecule has 0 atom stereocenters. The van der Waals surface area contributed by atoms with E-state index < -0.39 is 9.84 Å². The largest absolute Gasteiger partial charge is 0.219 e. The van der Waals surface area contributed by atoms with E-state index in [-0.39, 0.29) is 9.80 Å². The first-order valence-electron chi connectivity index (χ1n) is 6.08. The van der Waals surface area contributed by atoms with E-state index in [0.717, 1.165) is 18.4 Å². The van der Waals surface area contributed by atoms with Gasteiger partial charge in [0.2, 0.25) is 9.84 Å². The first kappa shape index (κ1) is 14.7. The molecule has 1 rings (SSSR count). The van der Waals surface area contributed by atoms with Gasteiger partial charge in [0.05, 0.1) is 9.80 Å². The van der Waals surface area contributed by atoms with Gasteiger partial charge >= 0.3 is 0 Å². The second-order valence-corrected chi connectivity index (χ2v) is 6.42. The molecule has 0 spiro atoms. The van der Waals surface area contributed by atoms with Crippen molar-refractivity contribution >= 4 is 9.84 Å². The molecular weight excluding hydrogens is 244 g/mol. The molecule has 0 unspecified atom stereocenters. The second kappa shape index (κ2) is 6.01. The Morgan fingerprint density at radius 1 is 1.17 bits per heavy atom. The summed E-state index contributed by atoms with van der Waals surface area (Å²) in [7, 11) is -3.48. The molecule has 1 aromatic rings. The van der Waals surface area contributed by atoms with Crippen LogP contribution in [-0.4, -0.2) is 8.42 Å². The van der Waals surface area contributed by atoms with Crippen LogP contribution in [0.5, 0.6) is 0 Å². The molecule has 0 saturated carbocycles. The Morgan fingerprint density at radius 2 is 1.72 bits per heavy atom. The smallest absolute Gasteiger partial charge is 0.206 e. The lowest BCUT2D eigenvalue weighted by atomic mass is 10.1. The van der Waals surface area contributed by atoms with E-state index in [0.29, 0.717) is 12.0 Å². The molecule has 1 aromatic carbocycles. The summed E-state index contributed by atoms with van der Waals surface area (Å²) in [5.74, 6) is 0. The van der Waals surface area contributed by atoms with E-state index in [4.69, 9.17) is 0 Å². The van der Waals surface area contributed by atoms with Crippen LogP contribution in [0.25, 0.3) is 0 Å². The van der Waals surface area contributed by atoms with Crippen molar-refractivity contribution in [1.29, 1.82) is 0 Å². The zero-order chi connectivity index (χ0) is 13.8. The minimum Gasteiger partial charge on any atom is -0.219 e. The fraction of sp³-hybridized carbons (Fsp3) is 0.333. The van der Waals surface area contributed by atoms with Gasteiger partial charge in [-0.3, -0.25) is 0 Å². The lowest BCUT2D eigenvalue weighted by molar-refractivity contribution is 0.602. The maximum Gasteiger partial charge on any atom is 0.206 e. The van der Waals surface area contributed by atoms with Crippen molar-refractivity contribution in [1.82, 2.24) is 0 Å². The molecule has 0 radical (unpaired) electrons. The molecule has 0 N–H and O–H groups in total. The van der Waals surface area contributed by atoms with Crippen LogP contribution in [0.1, 0.15) is 31.7 Å². The zero-order valence-electron chi connectivity index (χ0n) is 11.1. The van der Waals surface area contributed by atoms with E-state index in [1.807, 2.05) is 6.92 Å². The Kier molecular flexibility index (Phi) is 4.91. The molecule has 0 heterocycles. The topological polar surface area (TPSA) is 34.1 Å². The third-order valence-electron chi connectivity index (χ3n) is 2.88. The van der Waals surface area contributed by atoms with Crippen LogP contribution < -0.4 is 0 Å². The molecule has 0 aliphatic carbocycles. The fourth-order valence-corrected chi connectivity index (χ4v) is 2.84. The molecular formula is C15H20O2S. The highest BCUT2D eigenvalue weighted by Crippen LogP contribution is 2.25. The van der Waals surface area contributed by atoms with Gasteiger partial charge in [0.25, 0.3) is 0 Å². The van der Waals surface area contributed by atoms with Gasteiger partial charge in [-0.15, -0.1) is 0 Å². The molecule has 0 aliphatic heterocycles. The van der Waals surface area contributed by atoms with Crippen molar-refractivity contribution in [2.75, 3.05) is 0 Å². The molecule has 3 heteroatoms. The number of benzene rings is 1. The predicted molar refractivity (Wildman–Crippen MR) is 76.2 cm³/mol. The van der Waals surface area contributed by atoms with Crippen LogP contribution in [0.3, 0.4) is 0 Å². The minimum absolute atomic E-state index is 0.139. The van der Waals surface area contributed by atoms with Gasteiger partial charge in [-0.1, -0.05) is 44.2 Å². The van der Waals surface area contributed by atoms with Crippen molar-refractivity contribution < 1.29 is 8.42 Å². The molecule has 0 fully saturated rings. The molecule has 0 aromatic heterocycles. The van der Waals surface area contributed by atoms with Crippen LogP contribution in [-0.2, 0) is 9.84 Å². The van der Waals surface area contributed by atoms with Crippen LogP contribution in [0, 0.1) is 6.92 Å². The molecule has 0 aliphatic rings. The number of aryl methyl sites for hydroxylation is 1. The van der Waals surface area contributed by atoms with Gasteiger partial charge in [0, 0.05) is 0 Å². The number of hydrogen-bond donors (Lipinski definition) is 0. The Balaban J connectivity index is 2.96. The lowest BCUT2D eigenvalue weighted by Crippen LogP contribution is -2.06. The third-order valence-corrected chi connectivity index (χ3v) is 4.71. The summed E-state index contributed by atoms with van der Waals surface area (Å²) in [4.78, 5) is 0.426. The summed E-state index contributed by atoms with van der Waals surface area (Å²) < 4.78 is 24.6. The average molecular weight is 264 g/mol. The van der Waals surface area contributed by atoms with Crippen molar-refractivity contribution in [3.05, 3.63) is 53.5 Å². The summed E-state index contributed by atoms with van der Waals surface area (Å²) in [5.41, 5.74) is 1.64. The Bertz CT molecular complexity index is 536. The molecule has 0 amide bonds. The first-order chi connectivity index (χ1) is 8.39. The van der Waals surface area contributed by atoms with E-state index >= 15 is 0 Å². The summed E-state index contributed by atoms with van der Waals surface area (Å²) in [6.45, 7) is 11.5. The Labute approximate surface area is 110 Å². The minimum atomic E-state index is -3.48. The van der Waals surface area contributed by atoms with Gasteiger partial charge < -0.3 is 0 Å². The monoisotopic (exact) mass is 264 g/mol. The molecule has 0 saturated heterocycles. The van der Waals surface area contributed by atoms with Gasteiger partial charge in [0.15, 0.2) is 0 Å². The van der Waals surface area contributed by atoms with Crippen molar-refractivity contribution in [2.45, 2.75) is 38.0 Å². The van der Waals surface area contributed by atoms with E-state index in [1.54, 1.807) is 24.3 Å². The second-order valence-electron chi connectivity index (χ2n) is 4.45. The highest BCUT2D eigenvalue weighted by Gasteiger charge is 2.20. The van der Waals surface area contributed by atoms with Gasteiger partial charge in [-0.25, -0.2) is 8.42 Å². The highest BCUT2D eigenvalue weighted by atomic mass is 32.2. The number of allylic oxidation sites excluding steroid dienone is 1. The predicted octanol–water partition coefficient (Wildman–Crippen LogP) is 4.03. The van der Waals surface area contributed by atoms with Gasteiger partial charge in [-0.05, 0) is 37.5 Å². The number of rotatable bonds is 6. The standard InChI is InChI=1S/C15H20O2S/c1-5-6-7-13(3)14(4)18(16,17)15-10-8-12(2)9-11-15/h8-11H,3-7H2,1-2H3. The van der Waals surface area contributed by atoms with Crippen LogP contribution in [0.2, 0.25) is 0 Å². The van der Waals surface area contributed by atoms with Gasteiger partial charge in [-0.2, -0.15) is 0 Å². The molecule has 98 valence electrons. The maximum atomic E-state index is 12.3. The van der Waals surface area contributed by atoms with E-state index in [1.165, 1.54) is 0 Å². The lowest BCUT2D eigenvalue weighted by Gasteiger charge is -2.10. The molecule has 2 nitrogen and oxygen atoms in total. The summed E-state index contributed by atoms with van der Waals surface area (Å²) in [6, 6.07) is 6.80. The van der Waals surface area contributed by atoms with Crippen LogP contribution in [0.15, 0.2) is 52.8 Å². The van der Waals surface area contributed by atoms with Gasteiger partial charge in [0.1, 0.15) is 0 Å². The maximum absolute atomic E-state index is 12.3. The number of hydrogen-bond acceptors (Lipinski definition) is 2.